The molecule has 1 aliphatic heterocycles. The van der Waals surface area contributed by atoms with Gasteiger partial charge in [0.25, 0.3) is 5.56 Å². The van der Waals surface area contributed by atoms with Crippen molar-refractivity contribution in [1.82, 2.24) is 15.0 Å². The minimum atomic E-state index is -0.274. The minimum Gasteiger partial charge on any atom is -0.370 e. The zero-order valence-corrected chi connectivity index (χ0v) is 21.8. The molecule has 1 saturated heterocycles. The lowest BCUT2D eigenvalue weighted by Crippen LogP contribution is -2.50. The van der Waals surface area contributed by atoms with Crippen LogP contribution in [0.4, 0.5) is 5.69 Å². The number of hydrogen-bond acceptors (Lipinski definition) is 5. The number of nitrogens with one attached hydrogen (secondary N) is 1. The van der Waals surface area contributed by atoms with Gasteiger partial charge < -0.3 is 10.2 Å². The molecule has 7 nitrogen and oxygen atoms in total. The number of nitrogens with zero attached hydrogens (tertiary/aromatic N) is 4. The highest BCUT2D eigenvalue weighted by Crippen LogP contribution is 2.26. The number of aromatic nitrogens is 2. The summed E-state index contributed by atoms with van der Waals surface area (Å²) in [5.41, 5.74) is 1.98. The van der Waals surface area contributed by atoms with Gasteiger partial charge in [-0.1, -0.05) is 37.6 Å². The van der Waals surface area contributed by atoms with Gasteiger partial charge in [0, 0.05) is 48.4 Å². The van der Waals surface area contributed by atoms with E-state index in [0.29, 0.717) is 39.3 Å². The van der Waals surface area contributed by atoms with Crippen LogP contribution in [-0.2, 0) is 4.79 Å². The Morgan fingerprint density at radius 3 is 2.60 bits per heavy atom. The van der Waals surface area contributed by atoms with E-state index in [9.17, 15) is 9.59 Å². The SMILES string of the molecule is CC(=O)N(C(C)C)n1c(-c2cccc(Cl)c2)nc2ccc(N3CCCN[C@H](C(C)C)C3)cc2c1=O. The first kappa shape index (κ1) is 25.2. The standard InChI is InChI=1S/C27H34ClN5O2/c1-17(2)25-16-31(13-7-12-29-25)22-10-11-24-23(15-22)27(35)33(32(18(3)4)19(5)34)26(30-24)20-8-6-9-21(28)14-20/h6,8-11,14-15,17-18,25,29H,7,12-13,16H2,1-5H3/t25-/m0/s1. The molecular weight excluding hydrogens is 462 g/mol. The third-order valence-electron chi connectivity index (χ3n) is 6.54. The quantitative estimate of drug-likeness (QED) is 0.567. The van der Waals surface area contributed by atoms with Crippen molar-refractivity contribution in [3.05, 3.63) is 57.8 Å². The Kier molecular flexibility index (Phi) is 7.47. The van der Waals surface area contributed by atoms with Crippen molar-refractivity contribution in [1.29, 1.82) is 0 Å². The number of fused-ring (bicyclic) bond motifs is 1. The molecule has 1 fully saturated rings. The number of hydrogen-bond donors (Lipinski definition) is 1. The molecule has 1 aromatic heterocycles. The van der Waals surface area contributed by atoms with Gasteiger partial charge in [0.1, 0.15) is 0 Å². The lowest BCUT2D eigenvalue weighted by molar-refractivity contribution is -0.118. The van der Waals surface area contributed by atoms with Crippen molar-refractivity contribution in [3.63, 3.8) is 0 Å². The van der Waals surface area contributed by atoms with E-state index >= 15 is 0 Å². The summed E-state index contributed by atoms with van der Waals surface area (Å²) in [6.07, 6.45) is 1.03. The van der Waals surface area contributed by atoms with Crippen molar-refractivity contribution in [2.45, 2.75) is 53.1 Å². The van der Waals surface area contributed by atoms with Crippen LogP contribution in [0.25, 0.3) is 22.3 Å². The molecule has 0 saturated carbocycles. The van der Waals surface area contributed by atoms with Crippen molar-refractivity contribution < 1.29 is 4.79 Å². The first-order valence-corrected chi connectivity index (χ1v) is 12.7. The van der Waals surface area contributed by atoms with Crippen LogP contribution in [-0.4, -0.2) is 47.3 Å². The highest BCUT2D eigenvalue weighted by atomic mass is 35.5. The van der Waals surface area contributed by atoms with E-state index in [-0.39, 0.29) is 17.5 Å². The van der Waals surface area contributed by atoms with Crippen LogP contribution >= 0.6 is 11.6 Å². The molecule has 2 aromatic carbocycles. The molecular formula is C27H34ClN5O2. The van der Waals surface area contributed by atoms with E-state index in [1.54, 1.807) is 12.1 Å². The van der Waals surface area contributed by atoms with Crippen LogP contribution in [0, 0.1) is 5.92 Å². The predicted octanol–water partition coefficient (Wildman–Crippen LogP) is 4.43. The summed E-state index contributed by atoms with van der Waals surface area (Å²) in [5.74, 6) is 0.659. The fourth-order valence-electron chi connectivity index (χ4n) is 4.74. The molecule has 0 bridgehead atoms. The first-order valence-electron chi connectivity index (χ1n) is 12.3. The zero-order chi connectivity index (χ0) is 25.3. The fraction of sp³-hybridized carbons (Fsp3) is 0.444. The van der Waals surface area contributed by atoms with Gasteiger partial charge in [-0.05, 0) is 63.1 Å². The van der Waals surface area contributed by atoms with Gasteiger partial charge in [-0.15, -0.1) is 0 Å². The lowest BCUT2D eigenvalue weighted by Gasteiger charge is -2.30. The van der Waals surface area contributed by atoms with E-state index in [1.807, 2.05) is 44.2 Å². The Morgan fingerprint density at radius 1 is 1.17 bits per heavy atom. The van der Waals surface area contributed by atoms with Gasteiger partial charge in [-0.3, -0.25) is 9.59 Å². The third kappa shape index (κ3) is 5.21. The second-order valence-electron chi connectivity index (χ2n) is 9.83. The molecule has 0 spiro atoms. The maximum Gasteiger partial charge on any atom is 0.280 e. The summed E-state index contributed by atoms with van der Waals surface area (Å²) < 4.78 is 1.41. The predicted molar refractivity (Wildman–Crippen MR) is 144 cm³/mol. The van der Waals surface area contributed by atoms with Crippen LogP contribution in [0.5, 0.6) is 0 Å². The third-order valence-corrected chi connectivity index (χ3v) is 6.77. The molecule has 8 heteroatoms. The number of rotatable bonds is 5. The molecule has 1 N–H and O–H groups in total. The second kappa shape index (κ2) is 10.4. The number of carbonyl (C=O) groups is 1. The van der Waals surface area contributed by atoms with Crippen LogP contribution in [0.3, 0.4) is 0 Å². The van der Waals surface area contributed by atoms with Gasteiger partial charge in [0.15, 0.2) is 5.82 Å². The number of benzene rings is 2. The number of carbonyl (C=O) groups excluding carboxylic acids is 1. The average molecular weight is 496 g/mol. The Bertz CT molecular complexity index is 1290. The van der Waals surface area contributed by atoms with Crippen LogP contribution < -0.4 is 20.8 Å². The van der Waals surface area contributed by atoms with E-state index in [4.69, 9.17) is 16.6 Å². The Morgan fingerprint density at radius 2 is 1.94 bits per heavy atom. The van der Waals surface area contributed by atoms with E-state index in [0.717, 1.165) is 31.7 Å². The maximum atomic E-state index is 14.0. The molecule has 1 atom stereocenters. The molecule has 3 aromatic rings. The van der Waals surface area contributed by atoms with E-state index in [2.05, 4.69) is 24.1 Å². The second-order valence-corrected chi connectivity index (χ2v) is 10.3. The van der Waals surface area contributed by atoms with Crippen LogP contribution in [0.2, 0.25) is 5.02 Å². The molecule has 0 unspecified atom stereocenters. The lowest BCUT2D eigenvalue weighted by atomic mass is 10.0. The number of anilines is 1. The van der Waals surface area contributed by atoms with Crippen LogP contribution in [0.15, 0.2) is 47.3 Å². The van der Waals surface area contributed by atoms with Crippen molar-refractivity contribution in [2.75, 3.05) is 29.5 Å². The molecule has 2 heterocycles. The molecule has 0 radical (unpaired) electrons. The van der Waals surface area contributed by atoms with Gasteiger partial charge in [0.05, 0.1) is 10.9 Å². The minimum absolute atomic E-state index is 0.235. The van der Waals surface area contributed by atoms with Crippen LogP contribution in [0.1, 0.15) is 41.0 Å². The van der Waals surface area contributed by atoms with Crippen molar-refractivity contribution >= 4 is 34.1 Å². The molecule has 35 heavy (non-hydrogen) atoms. The highest BCUT2D eigenvalue weighted by molar-refractivity contribution is 6.30. The highest BCUT2D eigenvalue weighted by Gasteiger charge is 2.25. The van der Waals surface area contributed by atoms with Gasteiger partial charge in [0.2, 0.25) is 5.91 Å². The Balaban J connectivity index is 1.91. The summed E-state index contributed by atoms with van der Waals surface area (Å²) >= 11 is 6.26. The average Bonchev–Trinajstić information content (AvgIpc) is 3.07. The summed E-state index contributed by atoms with van der Waals surface area (Å²) in [4.78, 5) is 33.9. The van der Waals surface area contributed by atoms with Gasteiger partial charge >= 0.3 is 0 Å². The summed E-state index contributed by atoms with van der Waals surface area (Å²) in [5, 5.41) is 6.11. The number of amides is 1. The smallest absolute Gasteiger partial charge is 0.280 e. The summed E-state index contributed by atoms with van der Waals surface area (Å²) in [6, 6.07) is 13.2. The summed E-state index contributed by atoms with van der Waals surface area (Å²) in [7, 11) is 0. The zero-order valence-electron chi connectivity index (χ0n) is 21.1. The molecule has 1 amide bonds. The molecule has 186 valence electrons. The first-order chi connectivity index (χ1) is 16.7. The largest absolute Gasteiger partial charge is 0.370 e. The fourth-order valence-corrected chi connectivity index (χ4v) is 4.93. The normalized spacial score (nSPS) is 16.7. The molecule has 0 aliphatic carbocycles. The summed E-state index contributed by atoms with van der Waals surface area (Å²) in [6.45, 7) is 12.4. The van der Waals surface area contributed by atoms with Crippen molar-refractivity contribution in [2.24, 2.45) is 5.92 Å². The molecule has 4 rings (SSSR count). The van der Waals surface area contributed by atoms with E-state index < -0.39 is 0 Å². The number of halogens is 1. The van der Waals surface area contributed by atoms with E-state index in [1.165, 1.54) is 16.6 Å². The van der Waals surface area contributed by atoms with Gasteiger partial charge in [-0.2, -0.15) is 4.68 Å². The maximum absolute atomic E-state index is 14.0. The molecule has 1 aliphatic rings. The Labute approximate surface area is 211 Å². The Hall–Kier alpha value is -2.90. The topological polar surface area (TPSA) is 70.5 Å². The monoisotopic (exact) mass is 495 g/mol. The van der Waals surface area contributed by atoms with Crippen molar-refractivity contribution in [3.8, 4) is 11.4 Å². The van der Waals surface area contributed by atoms with Gasteiger partial charge in [-0.25, -0.2) is 9.99 Å².